The Morgan fingerprint density at radius 3 is 2.75 bits per heavy atom. The SMILES string of the molecule is COc1c(C)ccc2c1C(CC(C)C)CC2. The summed E-state index contributed by atoms with van der Waals surface area (Å²) in [6.45, 7) is 6.75. The van der Waals surface area contributed by atoms with Gasteiger partial charge in [0, 0.05) is 5.56 Å². The zero-order valence-corrected chi connectivity index (χ0v) is 10.8. The Hall–Kier alpha value is -0.980. The minimum atomic E-state index is 0.713. The molecule has 0 radical (unpaired) electrons. The van der Waals surface area contributed by atoms with Gasteiger partial charge in [-0.15, -0.1) is 0 Å². The first kappa shape index (κ1) is 11.5. The molecule has 1 aliphatic rings. The van der Waals surface area contributed by atoms with Gasteiger partial charge in [-0.05, 0) is 49.1 Å². The van der Waals surface area contributed by atoms with Crippen LogP contribution in [0.3, 0.4) is 0 Å². The van der Waals surface area contributed by atoms with Crippen LogP contribution in [0.15, 0.2) is 12.1 Å². The zero-order valence-electron chi connectivity index (χ0n) is 10.8. The van der Waals surface area contributed by atoms with E-state index in [1.807, 2.05) is 0 Å². The predicted octanol–water partition coefficient (Wildman–Crippen LogP) is 4.08. The molecule has 1 nitrogen and oxygen atoms in total. The molecule has 0 N–H and O–H groups in total. The molecule has 0 aromatic heterocycles. The molecule has 0 saturated heterocycles. The van der Waals surface area contributed by atoms with Gasteiger partial charge >= 0.3 is 0 Å². The summed E-state index contributed by atoms with van der Waals surface area (Å²) in [6, 6.07) is 4.48. The van der Waals surface area contributed by atoms with Crippen molar-refractivity contribution < 1.29 is 4.74 Å². The Morgan fingerprint density at radius 1 is 1.38 bits per heavy atom. The summed E-state index contributed by atoms with van der Waals surface area (Å²) in [5.74, 6) is 2.62. The number of ether oxygens (including phenoxy) is 1. The summed E-state index contributed by atoms with van der Waals surface area (Å²) < 4.78 is 5.60. The average molecular weight is 218 g/mol. The van der Waals surface area contributed by atoms with Crippen molar-refractivity contribution in [1.29, 1.82) is 0 Å². The maximum Gasteiger partial charge on any atom is 0.125 e. The van der Waals surface area contributed by atoms with E-state index in [1.54, 1.807) is 7.11 Å². The first-order chi connectivity index (χ1) is 7.63. The van der Waals surface area contributed by atoms with Gasteiger partial charge in [0.2, 0.25) is 0 Å². The van der Waals surface area contributed by atoms with Crippen LogP contribution in [0.25, 0.3) is 0 Å². The molecule has 1 unspecified atom stereocenters. The highest BCUT2D eigenvalue weighted by atomic mass is 16.5. The normalized spacial score (nSPS) is 18.9. The molecule has 1 heteroatoms. The van der Waals surface area contributed by atoms with Crippen molar-refractivity contribution in [1.82, 2.24) is 0 Å². The largest absolute Gasteiger partial charge is 0.496 e. The quantitative estimate of drug-likeness (QED) is 0.742. The Morgan fingerprint density at radius 2 is 2.12 bits per heavy atom. The highest BCUT2D eigenvalue weighted by Crippen LogP contribution is 2.43. The third-order valence-corrected chi connectivity index (χ3v) is 3.61. The summed E-state index contributed by atoms with van der Waals surface area (Å²) in [5, 5.41) is 0. The average Bonchev–Trinajstić information content (AvgIpc) is 2.61. The van der Waals surface area contributed by atoms with Crippen LogP contribution in [0.2, 0.25) is 0 Å². The maximum absolute atomic E-state index is 5.60. The third-order valence-electron chi connectivity index (χ3n) is 3.61. The van der Waals surface area contributed by atoms with Gasteiger partial charge in [-0.25, -0.2) is 0 Å². The number of hydrogen-bond donors (Lipinski definition) is 0. The second-order valence-corrected chi connectivity index (χ2v) is 5.35. The van der Waals surface area contributed by atoms with E-state index in [4.69, 9.17) is 4.74 Å². The number of rotatable bonds is 3. The second-order valence-electron chi connectivity index (χ2n) is 5.35. The van der Waals surface area contributed by atoms with E-state index in [0.717, 1.165) is 11.7 Å². The molecule has 0 aliphatic heterocycles. The maximum atomic E-state index is 5.60. The van der Waals surface area contributed by atoms with Crippen LogP contribution in [-0.4, -0.2) is 7.11 Å². The van der Waals surface area contributed by atoms with Crippen molar-refractivity contribution in [2.45, 2.75) is 46.0 Å². The zero-order chi connectivity index (χ0) is 11.7. The molecule has 1 aliphatic carbocycles. The van der Waals surface area contributed by atoms with Gasteiger partial charge in [0.1, 0.15) is 5.75 Å². The molecular formula is C15H22O. The molecule has 16 heavy (non-hydrogen) atoms. The molecule has 1 aromatic carbocycles. The van der Waals surface area contributed by atoms with Crippen LogP contribution in [0.1, 0.15) is 49.3 Å². The predicted molar refractivity (Wildman–Crippen MR) is 68.2 cm³/mol. The van der Waals surface area contributed by atoms with Gasteiger partial charge < -0.3 is 4.74 Å². The van der Waals surface area contributed by atoms with E-state index in [9.17, 15) is 0 Å². The van der Waals surface area contributed by atoms with Crippen molar-refractivity contribution in [3.8, 4) is 5.75 Å². The minimum Gasteiger partial charge on any atom is -0.496 e. The highest BCUT2D eigenvalue weighted by Gasteiger charge is 2.27. The minimum absolute atomic E-state index is 0.713. The Balaban J connectivity index is 2.39. The van der Waals surface area contributed by atoms with E-state index in [-0.39, 0.29) is 0 Å². The molecule has 1 aromatic rings. The molecule has 0 amide bonds. The molecular weight excluding hydrogens is 196 g/mol. The topological polar surface area (TPSA) is 9.23 Å². The summed E-state index contributed by atoms with van der Waals surface area (Å²) in [4.78, 5) is 0. The van der Waals surface area contributed by atoms with Gasteiger partial charge in [0.05, 0.1) is 7.11 Å². The number of fused-ring (bicyclic) bond motifs is 1. The first-order valence-electron chi connectivity index (χ1n) is 6.29. The van der Waals surface area contributed by atoms with E-state index in [0.29, 0.717) is 5.92 Å². The summed E-state index contributed by atoms with van der Waals surface area (Å²) in [7, 11) is 1.80. The van der Waals surface area contributed by atoms with Crippen LogP contribution >= 0.6 is 0 Å². The Bertz CT molecular complexity index is 379. The fourth-order valence-electron chi connectivity index (χ4n) is 2.96. The Kier molecular flexibility index (Phi) is 3.22. The van der Waals surface area contributed by atoms with E-state index in [1.165, 1.54) is 36.0 Å². The molecule has 1 atom stereocenters. The smallest absolute Gasteiger partial charge is 0.125 e. The van der Waals surface area contributed by atoms with Crippen LogP contribution < -0.4 is 4.74 Å². The molecule has 0 heterocycles. The first-order valence-corrected chi connectivity index (χ1v) is 6.29. The summed E-state index contributed by atoms with van der Waals surface area (Å²) in [5.41, 5.74) is 4.28. The molecule has 0 saturated carbocycles. The van der Waals surface area contributed by atoms with Gasteiger partial charge in [-0.2, -0.15) is 0 Å². The van der Waals surface area contributed by atoms with Crippen molar-refractivity contribution in [2.75, 3.05) is 7.11 Å². The Labute approximate surface area is 98.8 Å². The van der Waals surface area contributed by atoms with Gasteiger partial charge in [0.15, 0.2) is 0 Å². The number of methoxy groups -OCH3 is 1. The van der Waals surface area contributed by atoms with E-state index in [2.05, 4.69) is 32.9 Å². The van der Waals surface area contributed by atoms with Crippen molar-refractivity contribution in [2.24, 2.45) is 5.92 Å². The number of benzene rings is 1. The summed E-state index contributed by atoms with van der Waals surface area (Å²) in [6.07, 6.45) is 3.81. The molecule has 0 fully saturated rings. The van der Waals surface area contributed by atoms with Crippen LogP contribution in [0, 0.1) is 12.8 Å². The second kappa shape index (κ2) is 4.48. The third kappa shape index (κ3) is 1.95. The number of aryl methyl sites for hydroxylation is 2. The van der Waals surface area contributed by atoms with E-state index < -0.39 is 0 Å². The van der Waals surface area contributed by atoms with E-state index >= 15 is 0 Å². The van der Waals surface area contributed by atoms with Gasteiger partial charge in [0.25, 0.3) is 0 Å². The standard InChI is InChI=1S/C15H22O/c1-10(2)9-13-8-7-12-6-5-11(3)15(16-4)14(12)13/h5-6,10,13H,7-9H2,1-4H3. The molecule has 0 bridgehead atoms. The van der Waals surface area contributed by atoms with Gasteiger partial charge in [-0.3, -0.25) is 0 Å². The molecule has 0 spiro atoms. The monoisotopic (exact) mass is 218 g/mol. The van der Waals surface area contributed by atoms with Crippen LogP contribution in [0.4, 0.5) is 0 Å². The lowest BCUT2D eigenvalue weighted by atomic mass is 9.90. The fourth-order valence-corrected chi connectivity index (χ4v) is 2.96. The van der Waals surface area contributed by atoms with Crippen LogP contribution in [-0.2, 0) is 6.42 Å². The van der Waals surface area contributed by atoms with Gasteiger partial charge in [-0.1, -0.05) is 26.0 Å². The lowest BCUT2D eigenvalue weighted by Crippen LogP contribution is -2.02. The lowest BCUT2D eigenvalue weighted by molar-refractivity contribution is 0.397. The van der Waals surface area contributed by atoms with Crippen molar-refractivity contribution in [3.05, 3.63) is 28.8 Å². The lowest BCUT2D eigenvalue weighted by Gasteiger charge is -2.18. The highest BCUT2D eigenvalue weighted by molar-refractivity contribution is 5.50. The van der Waals surface area contributed by atoms with Crippen molar-refractivity contribution >= 4 is 0 Å². The molecule has 88 valence electrons. The fraction of sp³-hybridized carbons (Fsp3) is 0.600. The molecule has 2 rings (SSSR count). The van der Waals surface area contributed by atoms with Crippen molar-refractivity contribution in [3.63, 3.8) is 0 Å². The van der Waals surface area contributed by atoms with Crippen LogP contribution in [0.5, 0.6) is 5.75 Å². The summed E-state index contributed by atoms with van der Waals surface area (Å²) >= 11 is 0. The number of hydrogen-bond acceptors (Lipinski definition) is 1.